The molecule has 216 valence electrons. The Morgan fingerprint density at radius 2 is 1.72 bits per heavy atom. The van der Waals surface area contributed by atoms with Gasteiger partial charge in [-0.15, -0.1) is 0 Å². The van der Waals surface area contributed by atoms with Gasteiger partial charge >= 0.3 is 0 Å². The Balaban J connectivity index is 1.52. The van der Waals surface area contributed by atoms with E-state index in [4.69, 9.17) is 9.47 Å². The van der Waals surface area contributed by atoms with Crippen molar-refractivity contribution in [1.29, 1.82) is 0 Å². The van der Waals surface area contributed by atoms with Gasteiger partial charge in [-0.3, -0.25) is 19.3 Å². The molecule has 3 amide bonds. The average Bonchev–Trinajstić information content (AvgIpc) is 3.27. The van der Waals surface area contributed by atoms with E-state index in [0.29, 0.717) is 45.9 Å². The number of carbonyl (C=O) groups is 3. The van der Waals surface area contributed by atoms with Crippen molar-refractivity contribution in [2.45, 2.75) is 57.4 Å². The van der Waals surface area contributed by atoms with Crippen molar-refractivity contribution in [2.75, 3.05) is 65.6 Å². The third-order valence-electron chi connectivity index (χ3n) is 9.39. The lowest BCUT2D eigenvalue weighted by Gasteiger charge is -2.40. The molecule has 0 saturated carbocycles. The number of aliphatic hydroxyl groups is 1. The van der Waals surface area contributed by atoms with Crippen LogP contribution in [0.4, 0.5) is 0 Å². The van der Waals surface area contributed by atoms with Crippen LogP contribution >= 0.6 is 0 Å². The number of carbonyl (C=O) groups excluding carboxylic acids is 3. The second-order valence-corrected chi connectivity index (χ2v) is 11.6. The van der Waals surface area contributed by atoms with Gasteiger partial charge in [-0.25, -0.2) is 0 Å². The highest BCUT2D eigenvalue weighted by molar-refractivity contribution is 6.00. The standard InChI is InChI=1S/C29H44N4O6/c1-4-10-31-11-6-8-22-23(26(31)35)24-27(36)33(21(19-34)20(3)5-2)25-28(37)32(12-7-9-29(24,25)39-22)14-13-30-15-17-38-18-16-30/h6-9,20-25,34H,4-5,10-19H2,1-3H3/t20-,21-,22-,23+,24-,25?,29-/m0/s1. The van der Waals surface area contributed by atoms with Crippen molar-refractivity contribution >= 4 is 17.7 Å². The summed E-state index contributed by atoms with van der Waals surface area (Å²) in [6.45, 7) is 11.5. The van der Waals surface area contributed by atoms with Crippen LogP contribution in [-0.4, -0.2) is 132 Å². The van der Waals surface area contributed by atoms with Gasteiger partial charge in [-0.05, 0) is 12.3 Å². The first-order valence-electron chi connectivity index (χ1n) is 14.7. The number of nitrogens with zero attached hydrogens (tertiary/aromatic N) is 4. The van der Waals surface area contributed by atoms with Crippen LogP contribution in [-0.2, 0) is 23.9 Å². The van der Waals surface area contributed by atoms with E-state index in [1.54, 1.807) is 14.7 Å². The van der Waals surface area contributed by atoms with E-state index in [1.165, 1.54) is 0 Å². The van der Waals surface area contributed by atoms with Crippen LogP contribution in [0.2, 0.25) is 0 Å². The number of aliphatic hydroxyl groups excluding tert-OH is 1. The van der Waals surface area contributed by atoms with Gasteiger partial charge in [0, 0.05) is 45.8 Å². The Kier molecular flexibility index (Phi) is 8.47. The Morgan fingerprint density at radius 1 is 1.00 bits per heavy atom. The van der Waals surface area contributed by atoms with Gasteiger partial charge in [0.05, 0.1) is 43.8 Å². The Bertz CT molecular complexity index is 996. The van der Waals surface area contributed by atoms with Crippen molar-refractivity contribution in [3.63, 3.8) is 0 Å². The number of amides is 3. The number of hydrogen-bond acceptors (Lipinski definition) is 7. The molecule has 0 bridgehead atoms. The summed E-state index contributed by atoms with van der Waals surface area (Å²) >= 11 is 0. The third kappa shape index (κ3) is 4.83. The summed E-state index contributed by atoms with van der Waals surface area (Å²) in [7, 11) is 0. The third-order valence-corrected chi connectivity index (χ3v) is 9.39. The minimum atomic E-state index is -1.26. The second kappa shape index (κ2) is 11.7. The molecule has 39 heavy (non-hydrogen) atoms. The molecule has 0 aliphatic carbocycles. The Hall–Kier alpha value is -2.27. The normalized spacial score (nSPS) is 34.6. The summed E-state index contributed by atoms with van der Waals surface area (Å²) in [6.07, 6.45) is 8.64. The molecule has 1 spiro atoms. The highest BCUT2D eigenvalue weighted by Gasteiger charge is 2.72. The fourth-order valence-electron chi connectivity index (χ4n) is 7.11. The molecule has 3 fully saturated rings. The van der Waals surface area contributed by atoms with Crippen molar-refractivity contribution < 1.29 is 29.0 Å². The predicted octanol–water partition coefficient (Wildman–Crippen LogP) is 0.513. The van der Waals surface area contributed by atoms with Crippen LogP contribution in [0, 0.1) is 17.8 Å². The van der Waals surface area contributed by atoms with Crippen molar-refractivity contribution in [3.05, 3.63) is 24.3 Å². The Labute approximate surface area is 231 Å². The summed E-state index contributed by atoms with van der Waals surface area (Å²) in [5, 5.41) is 10.5. The first kappa shape index (κ1) is 28.3. The molecule has 5 aliphatic heterocycles. The minimum absolute atomic E-state index is 0.0335. The largest absolute Gasteiger partial charge is 0.394 e. The summed E-state index contributed by atoms with van der Waals surface area (Å²) in [5.41, 5.74) is -1.26. The summed E-state index contributed by atoms with van der Waals surface area (Å²) in [6, 6.07) is -1.48. The summed E-state index contributed by atoms with van der Waals surface area (Å²) in [5.74, 6) is -2.09. The number of fused-ring (bicyclic) bond motifs is 2. The Morgan fingerprint density at radius 3 is 2.41 bits per heavy atom. The van der Waals surface area contributed by atoms with Crippen molar-refractivity contribution in [1.82, 2.24) is 19.6 Å². The molecule has 5 rings (SSSR count). The summed E-state index contributed by atoms with van der Waals surface area (Å²) < 4.78 is 12.2. The van der Waals surface area contributed by atoms with E-state index in [1.807, 2.05) is 45.1 Å². The number of ether oxygens (including phenoxy) is 2. The highest BCUT2D eigenvalue weighted by atomic mass is 16.5. The number of likely N-dealkylation sites (tertiary alicyclic amines) is 1. The quantitative estimate of drug-likeness (QED) is 0.422. The zero-order valence-electron chi connectivity index (χ0n) is 23.5. The van der Waals surface area contributed by atoms with Crippen LogP contribution in [0.15, 0.2) is 24.3 Å². The van der Waals surface area contributed by atoms with Gasteiger partial charge in [-0.1, -0.05) is 51.5 Å². The molecule has 10 heteroatoms. The van der Waals surface area contributed by atoms with E-state index >= 15 is 0 Å². The topological polar surface area (TPSA) is 103 Å². The maximum Gasteiger partial charge on any atom is 0.249 e. The van der Waals surface area contributed by atoms with Gasteiger partial charge in [0.25, 0.3) is 0 Å². The second-order valence-electron chi connectivity index (χ2n) is 11.6. The van der Waals surface area contributed by atoms with Crippen molar-refractivity contribution in [2.24, 2.45) is 17.8 Å². The van der Waals surface area contributed by atoms with Gasteiger partial charge in [0.15, 0.2) is 0 Å². The van der Waals surface area contributed by atoms with Gasteiger partial charge in [0.2, 0.25) is 17.7 Å². The molecule has 0 radical (unpaired) electrons. The van der Waals surface area contributed by atoms with Crippen molar-refractivity contribution in [3.8, 4) is 0 Å². The van der Waals surface area contributed by atoms with E-state index < -0.39 is 35.6 Å². The zero-order chi connectivity index (χ0) is 27.7. The van der Waals surface area contributed by atoms with E-state index in [9.17, 15) is 19.5 Å². The molecular formula is C29H44N4O6. The molecule has 5 heterocycles. The smallest absolute Gasteiger partial charge is 0.249 e. The molecule has 3 saturated heterocycles. The van der Waals surface area contributed by atoms with Crippen LogP contribution in [0.3, 0.4) is 0 Å². The molecule has 0 aromatic heterocycles. The maximum absolute atomic E-state index is 14.4. The van der Waals surface area contributed by atoms with E-state index in [0.717, 1.165) is 25.9 Å². The molecule has 1 unspecified atom stereocenters. The number of hydrogen-bond donors (Lipinski definition) is 1. The SMILES string of the molecule is CCCN1CC=C[C@@H]2O[C@]34C=CCN(CCN5CCOCC5)C(=O)C3N([C@@H](CO)[C@@H](C)CC)C(=O)[C@@H]4[C@@H]2C1=O. The van der Waals surface area contributed by atoms with Crippen LogP contribution in [0.25, 0.3) is 0 Å². The van der Waals surface area contributed by atoms with Gasteiger partial charge in [0.1, 0.15) is 11.6 Å². The lowest BCUT2D eigenvalue weighted by Crippen LogP contribution is -2.59. The fraction of sp³-hybridized carbons (Fsp3) is 0.759. The lowest BCUT2D eigenvalue weighted by molar-refractivity contribution is -0.152. The van der Waals surface area contributed by atoms with Crippen LogP contribution < -0.4 is 0 Å². The monoisotopic (exact) mass is 544 g/mol. The number of rotatable bonds is 9. The number of morpholine rings is 1. The van der Waals surface area contributed by atoms with Gasteiger partial charge < -0.3 is 29.3 Å². The minimum Gasteiger partial charge on any atom is -0.394 e. The van der Waals surface area contributed by atoms with Gasteiger partial charge in [-0.2, -0.15) is 0 Å². The highest BCUT2D eigenvalue weighted by Crippen LogP contribution is 2.54. The molecule has 10 nitrogen and oxygen atoms in total. The first-order chi connectivity index (χ1) is 18.9. The zero-order valence-corrected chi connectivity index (χ0v) is 23.5. The maximum atomic E-state index is 14.4. The average molecular weight is 545 g/mol. The lowest BCUT2D eigenvalue weighted by atomic mass is 9.77. The summed E-state index contributed by atoms with van der Waals surface area (Å²) in [4.78, 5) is 50.2. The molecule has 0 aromatic carbocycles. The van der Waals surface area contributed by atoms with Crippen LogP contribution in [0.5, 0.6) is 0 Å². The fourth-order valence-corrected chi connectivity index (χ4v) is 7.11. The van der Waals surface area contributed by atoms with E-state index in [-0.39, 0.29) is 30.2 Å². The van der Waals surface area contributed by atoms with Crippen LogP contribution in [0.1, 0.15) is 33.6 Å². The molecule has 0 aromatic rings. The predicted molar refractivity (Wildman–Crippen MR) is 145 cm³/mol. The molecule has 7 atom stereocenters. The molecular weight excluding hydrogens is 500 g/mol. The van der Waals surface area contributed by atoms with E-state index in [2.05, 4.69) is 4.90 Å². The molecule has 5 aliphatic rings. The molecule has 1 N–H and O–H groups in total. The first-order valence-corrected chi connectivity index (χ1v) is 14.7.